The third-order valence-electron chi connectivity index (χ3n) is 3.32. The van der Waals surface area contributed by atoms with Crippen LogP contribution < -0.4 is 0 Å². The van der Waals surface area contributed by atoms with Crippen molar-refractivity contribution in [1.82, 2.24) is 0 Å². The van der Waals surface area contributed by atoms with Crippen LogP contribution in [-0.2, 0) is 0 Å². The second-order valence-electron chi connectivity index (χ2n) is 4.52. The summed E-state index contributed by atoms with van der Waals surface area (Å²) in [6.45, 7) is 4.45. The number of rotatable bonds is 6. The van der Waals surface area contributed by atoms with Gasteiger partial charge in [0.15, 0.2) is 0 Å². The summed E-state index contributed by atoms with van der Waals surface area (Å²) in [6.07, 6.45) is 13.5. The van der Waals surface area contributed by atoms with Gasteiger partial charge in [-0.2, -0.15) is 0 Å². The van der Waals surface area contributed by atoms with Gasteiger partial charge < -0.3 is 0 Å². The van der Waals surface area contributed by atoms with Gasteiger partial charge in [-0.05, 0) is 24.9 Å². The fourth-order valence-corrected chi connectivity index (χ4v) is 5.84. The fraction of sp³-hybridized carbons (Fsp3) is 0.692. The van der Waals surface area contributed by atoms with E-state index in [0.717, 1.165) is 0 Å². The van der Waals surface area contributed by atoms with E-state index in [1.807, 2.05) is 0 Å². The monoisotopic (exact) mass is 208 g/mol. The van der Waals surface area contributed by atoms with Gasteiger partial charge in [-0.15, -0.1) is 0 Å². The molecule has 0 saturated carbocycles. The molecule has 1 fully saturated rings. The van der Waals surface area contributed by atoms with E-state index in [1.54, 1.807) is 12.1 Å². The minimum absolute atomic E-state index is 0.791. The maximum Gasteiger partial charge on any atom is 0.0610 e. The zero-order valence-corrected chi connectivity index (χ0v) is 10.8. The van der Waals surface area contributed by atoms with Crippen LogP contribution >= 0.6 is 0 Å². The Hall–Kier alpha value is -0.303. The first-order valence-electron chi connectivity index (χ1n) is 6.13. The molecule has 0 aliphatic carbocycles. The largest absolute Gasteiger partial charge is 0.0912 e. The normalized spacial score (nSPS) is 20.4. The van der Waals surface area contributed by atoms with E-state index in [9.17, 15) is 0 Å². The minimum Gasteiger partial charge on any atom is -0.0912 e. The Morgan fingerprint density at radius 2 is 1.36 bits per heavy atom. The molecule has 0 bridgehead atoms. The smallest absolute Gasteiger partial charge is 0.0610 e. The number of allylic oxidation sites excluding steroid dienone is 4. The predicted octanol–water partition coefficient (Wildman–Crippen LogP) is 4.77. The zero-order valence-electron chi connectivity index (χ0n) is 9.76. The third-order valence-corrected chi connectivity index (χ3v) is 8.35. The van der Waals surface area contributed by atoms with Crippen molar-refractivity contribution in [2.45, 2.75) is 57.3 Å². The summed E-state index contributed by atoms with van der Waals surface area (Å²) in [5, 5.41) is 0. The van der Waals surface area contributed by atoms with E-state index >= 15 is 0 Å². The van der Waals surface area contributed by atoms with Gasteiger partial charge >= 0.3 is 0 Å². The molecule has 14 heavy (non-hydrogen) atoms. The van der Waals surface area contributed by atoms with E-state index in [0.29, 0.717) is 0 Å². The summed E-state index contributed by atoms with van der Waals surface area (Å²) >= 11 is 0. The second kappa shape index (κ2) is 6.23. The first-order chi connectivity index (χ1) is 6.83. The van der Waals surface area contributed by atoms with Crippen LogP contribution in [0.4, 0.5) is 0 Å². The Balaban J connectivity index is 2.33. The van der Waals surface area contributed by atoms with E-state index in [-0.39, 0.29) is 0 Å². The summed E-state index contributed by atoms with van der Waals surface area (Å²) in [5.74, 6) is 0. The first kappa shape index (κ1) is 11.8. The summed E-state index contributed by atoms with van der Waals surface area (Å²) < 4.78 is 0. The van der Waals surface area contributed by atoms with Crippen molar-refractivity contribution in [3.05, 3.63) is 24.3 Å². The molecular weight excluding hydrogens is 184 g/mol. The second-order valence-corrected chi connectivity index (χ2v) is 9.34. The lowest BCUT2D eigenvalue weighted by Gasteiger charge is -2.38. The molecule has 1 heteroatoms. The molecule has 1 rings (SSSR count). The highest BCUT2D eigenvalue weighted by molar-refractivity contribution is 6.83. The van der Waals surface area contributed by atoms with Gasteiger partial charge in [0.25, 0.3) is 0 Å². The Labute approximate surface area is 90.1 Å². The summed E-state index contributed by atoms with van der Waals surface area (Å²) in [6, 6.07) is 6.04. The highest BCUT2D eigenvalue weighted by Crippen LogP contribution is 2.39. The number of hydrogen-bond donors (Lipinski definition) is 0. The van der Waals surface area contributed by atoms with Crippen LogP contribution in [0, 0.1) is 0 Å². The molecule has 0 aromatic heterocycles. The molecule has 0 unspecified atom stereocenters. The molecule has 1 heterocycles. The Bertz CT molecular complexity index is 181. The molecular formula is C13H24Si. The maximum atomic E-state index is 2.45. The minimum atomic E-state index is -0.791. The molecule has 0 amide bonds. The van der Waals surface area contributed by atoms with Crippen LogP contribution in [0.25, 0.3) is 0 Å². The topological polar surface area (TPSA) is 0 Å². The van der Waals surface area contributed by atoms with Gasteiger partial charge in [-0.25, -0.2) is 0 Å². The lowest BCUT2D eigenvalue weighted by atomic mass is 10.4. The van der Waals surface area contributed by atoms with Crippen LogP contribution in [0.1, 0.15) is 33.1 Å². The zero-order chi connectivity index (χ0) is 10.3. The Morgan fingerprint density at radius 1 is 0.857 bits per heavy atom. The standard InChI is InChI=1S/C13H24Si/c1-3-5-7-10-14(12-9-13-14)11-8-6-4-2/h5-8H,3-4,9-13H2,1-2H3. The van der Waals surface area contributed by atoms with Gasteiger partial charge in [0.2, 0.25) is 0 Å². The van der Waals surface area contributed by atoms with E-state index in [1.165, 1.54) is 31.4 Å². The molecule has 0 nitrogen and oxygen atoms in total. The van der Waals surface area contributed by atoms with Gasteiger partial charge in [-0.1, -0.05) is 56.7 Å². The van der Waals surface area contributed by atoms with E-state index in [2.05, 4.69) is 38.2 Å². The summed E-state index contributed by atoms with van der Waals surface area (Å²) in [7, 11) is -0.791. The van der Waals surface area contributed by atoms with E-state index in [4.69, 9.17) is 0 Å². The lowest BCUT2D eigenvalue weighted by molar-refractivity contribution is 0.880. The predicted molar refractivity (Wildman–Crippen MR) is 68.5 cm³/mol. The quantitative estimate of drug-likeness (QED) is 0.435. The van der Waals surface area contributed by atoms with Crippen LogP contribution in [0.15, 0.2) is 24.3 Å². The molecule has 0 N–H and O–H groups in total. The van der Waals surface area contributed by atoms with Crippen molar-refractivity contribution in [2.75, 3.05) is 0 Å². The van der Waals surface area contributed by atoms with Crippen LogP contribution in [0.5, 0.6) is 0 Å². The van der Waals surface area contributed by atoms with Gasteiger partial charge in [-0.3, -0.25) is 0 Å². The van der Waals surface area contributed by atoms with Crippen molar-refractivity contribution in [3.63, 3.8) is 0 Å². The van der Waals surface area contributed by atoms with Gasteiger partial charge in [0, 0.05) is 0 Å². The maximum absolute atomic E-state index is 2.45. The highest BCUT2D eigenvalue weighted by Gasteiger charge is 2.36. The summed E-state index contributed by atoms with van der Waals surface area (Å²) in [5.41, 5.74) is 0. The Morgan fingerprint density at radius 3 is 1.64 bits per heavy atom. The Kier molecular flexibility index (Phi) is 5.24. The fourth-order valence-electron chi connectivity index (χ4n) is 2.17. The van der Waals surface area contributed by atoms with Crippen molar-refractivity contribution in [2.24, 2.45) is 0 Å². The average Bonchev–Trinajstić information content (AvgIpc) is 2.13. The average molecular weight is 208 g/mol. The molecule has 0 radical (unpaired) electrons. The number of hydrogen-bond acceptors (Lipinski definition) is 0. The van der Waals surface area contributed by atoms with Crippen molar-refractivity contribution in [1.29, 1.82) is 0 Å². The first-order valence-corrected chi connectivity index (χ1v) is 8.96. The SMILES string of the molecule is CCC=CC[Si]1(CC=CCC)CCC1. The van der Waals surface area contributed by atoms with Gasteiger partial charge in [0.1, 0.15) is 0 Å². The molecule has 1 saturated heterocycles. The molecule has 0 spiro atoms. The third kappa shape index (κ3) is 3.45. The van der Waals surface area contributed by atoms with Crippen molar-refractivity contribution < 1.29 is 0 Å². The molecule has 1 aliphatic heterocycles. The molecule has 0 aromatic rings. The lowest BCUT2D eigenvalue weighted by Crippen LogP contribution is -2.39. The van der Waals surface area contributed by atoms with Crippen molar-refractivity contribution >= 4 is 8.07 Å². The highest BCUT2D eigenvalue weighted by atomic mass is 28.3. The van der Waals surface area contributed by atoms with E-state index < -0.39 is 8.07 Å². The van der Waals surface area contributed by atoms with Crippen LogP contribution in [0.2, 0.25) is 24.2 Å². The molecule has 80 valence electrons. The molecule has 0 aromatic carbocycles. The summed E-state index contributed by atoms with van der Waals surface area (Å²) in [4.78, 5) is 0. The van der Waals surface area contributed by atoms with Gasteiger partial charge in [0.05, 0.1) is 8.07 Å². The van der Waals surface area contributed by atoms with Crippen LogP contribution in [-0.4, -0.2) is 8.07 Å². The van der Waals surface area contributed by atoms with Crippen LogP contribution in [0.3, 0.4) is 0 Å². The molecule has 0 atom stereocenters. The molecule has 1 aliphatic rings. The van der Waals surface area contributed by atoms with Crippen molar-refractivity contribution in [3.8, 4) is 0 Å².